The van der Waals surface area contributed by atoms with Gasteiger partial charge in [-0.15, -0.1) is 0 Å². The normalized spacial score (nSPS) is 22.1. The van der Waals surface area contributed by atoms with Crippen molar-refractivity contribution >= 4 is 5.78 Å². The van der Waals surface area contributed by atoms with E-state index in [0.717, 1.165) is 25.3 Å². The summed E-state index contributed by atoms with van der Waals surface area (Å²) in [5, 5.41) is 3.74. The Morgan fingerprint density at radius 3 is 3.07 bits per heavy atom. The zero-order chi connectivity index (χ0) is 10.8. The molecule has 0 spiro atoms. The third kappa shape index (κ3) is 2.45. The fourth-order valence-electron chi connectivity index (χ4n) is 2.05. The molecule has 0 N–H and O–H groups in total. The van der Waals surface area contributed by atoms with Crippen LogP contribution in [0, 0.1) is 5.92 Å². The minimum absolute atomic E-state index is 0.0338. The van der Waals surface area contributed by atoms with E-state index in [1.807, 2.05) is 0 Å². The lowest BCUT2D eigenvalue weighted by Gasteiger charge is -2.07. The fourth-order valence-corrected chi connectivity index (χ4v) is 2.05. The number of hydrogen-bond donors (Lipinski definition) is 0. The van der Waals surface area contributed by atoms with E-state index >= 15 is 0 Å². The second kappa shape index (κ2) is 4.14. The SMILES string of the molecule is CC(=O)c1cc(CC2CCN(C)C2)on1. The van der Waals surface area contributed by atoms with E-state index in [-0.39, 0.29) is 5.78 Å². The number of hydrogen-bond acceptors (Lipinski definition) is 4. The molecular formula is C11H16N2O2. The maximum Gasteiger partial charge on any atom is 0.181 e. The molecule has 1 aliphatic rings. The topological polar surface area (TPSA) is 46.3 Å². The van der Waals surface area contributed by atoms with Gasteiger partial charge in [-0.1, -0.05) is 5.16 Å². The molecule has 0 aromatic carbocycles. The van der Waals surface area contributed by atoms with Crippen molar-refractivity contribution in [2.45, 2.75) is 19.8 Å². The number of aromatic nitrogens is 1. The Bertz CT molecular complexity index is 359. The van der Waals surface area contributed by atoms with Crippen molar-refractivity contribution in [2.75, 3.05) is 20.1 Å². The highest BCUT2D eigenvalue weighted by Gasteiger charge is 2.21. The standard InChI is InChI=1S/C11H16N2O2/c1-8(14)11-6-10(15-12-11)5-9-3-4-13(2)7-9/h6,9H,3-5,7H2,1-2H3. The van der Waals surface area contributed by atoms with E-state index in [1.54, 1.807) is 6.07 Å². The van der Waals surface area contributed by atoms with Crippen LogP contribution in [-0.4, -0.2) is 36.0 Å². The van der Waals surface area contributed by atoms with Gasteiger partial charge < -0.3 is 9.42 Å². The first-order valence-electron chi connectivity index (χ1n) is 5.30. The van der Waals surface area contributed by atoms with Gasteiger partial charge in [-0.25, -0.2) is 0 Å². The Balaban J connectivity index is 1.96. The van der Waals surface area contributed by atoms with E-state index < -0.39 is 0 Å². The molecule has 1 atom stereocenters. The Labute approximate surface area is 89.2 Å². The molecule has 1 aromatic rings. The number of rotatable bonds is 3. The van der Waals surface area contributed by atoms with Gasteiger partial charge in [-0.3, -0.25) is 4.79 Å². The van der Waals surface area contributed by atoms with E-state index in [2.05, 4.69) is 17.1 Å². The van der Waals surface area contributed by atoms with Crippen molar-refractivity contribution in [1.82, 2.24) is 10.1 Å². The van der Waals surface area contributed by atoms with E-state index in [0.29, 0.717) is 11.6 Å². The summed E-state index contributed by atoms with van der Waals surface area (Å²) in [5.74, 6) is 1.44. The largest absolute Gasteiger partial charge is 0.361 e. The van der Waals surface area contributed by atoms with Gasteiger partial charge in [0.25, 0.3) is 0 Å². The molecule has 0 aliphatic carbocycles. The van der Waals surface area contributed by atoms with Crippen LogP contribution in [0.15, 0.2) is 10.6 Å². The average Bonchev–Trinajstić information content (AvgIpc) is 2.76. The maximum atomic E-state index is 11.0. The lowest BCUT2D eigenvalue weighted by Crippen LogP contribution is -2.14. The number of carbonyl (C=O) groups is 1. The van der Waals surface area contributed by atoms with Crippen LogP contribution in [-0.2, 0) is 6.42 Å². The highest BCUT2D eigenvalue weighted by Crippen LogP contribution is 2.19. The van der Waals surface area contributed by atoms with Crippen LogP contribution >= 0.6 is 0 Å². The maximum absolute atomic E-state index is 11.0. The smallest absolute Gasteiger partial charge is 0.181 e. The van der Waals surface area contributed by atoms with E-state index in [9.17, 15) is 4.79 Å². The van der Waals surface area contributed by atoms with Gasteiger partial charge in [-0.05, 0) is 25.9 Å². The zero-order valence-electron chi connectivity index (χ0n) is 9.19. The van der Waals surface area contributed by atoms with Crippen molar-refractivity contribution in [3.8, 4) is 0 Å². The molecule has 1 aromatic heterocycles. The monoisotopic (exact) mass is 208 g/mol. The molecular weight excluding hydrogens is 192 g/mol. The van der Waals surface area contributed by atoms with Gasteiger partial charge in [0.1, 0.15) is 11.5 Å². The second-order valence-electron chi connectivity index (χ2n) is 4.36. The predicted molar refractivity (Wildman–Crippen MR) is 55.8 cm³/mol. The Hall–Kier alpha value is -1.16. The summed E-state index contributed by atoms with van der Waals surface area (Å²) >= 11 is 0. The molecule has 0 saturated carbocycles. The summed E-state index contributed by atoms with van der Waals surface area (Å²) in [6, 6.07) is 1.76. The zero-order valence-corrected chi connectivity index (χ0v) is 9.19. The molecule has 15 heavy (non-hydrogen) atoms. The molecule has 1 aliphatic heterocycles. The minimum Gasteiger partial charge on any atom is -0.361 e. The summed E-state index contributed by atoms with van der Waals surface area (Å²) in [6.45, 7) is 3.76. The van der Waals surface area contributed by atoms with Crippen molar-refractivity contribution < 1.29 is 9.32 Å². The van der Waals surface area contributed by atoms with Gasteiger partial charge in [0.05, 0.1) is 0 Å². The highest BCUT2D eigenvalue weighted by atomic mass is 16.5. The number of likely N-dealkylation sites (tertiary alicyclic amines) is 1. The summed E-state index contributed by atoms with van der Waals surface area (Å²) in [5.41, 5.74) is 0.441. The van der Waals surface area contributed by atoms with Gasteiger partial charge in [0, 0.05) is 26.0 Å². The number of nitrogens with zero attached hydrogens (tertiary/aromatic N) is 2. The summed E-state index contributed by atoms with van der Waals surface area (Å²) < 4.78 is 5.13. The van der Waals surface area contributed by atoms with Crippen LogP contribution in [0.4, 0.5) is 0 Å². The molecule has 2 rings (SSSR count). The second-order valence-corrected chi connectivity index (χ2v) is 4.36. The molecule has 1 saturated heterocycles. The quantitative estimate of drug-likeness (QED) is 0.704. The minimum atomic E-state index is -0.0338. The van der Waals surface area contributed by atoms with Crippen molar-refractivity contribution in [3.63, 3.8) is 0 Å². The van der Waals surface area contributed by atoms with Crippen LogP contribution in [0.25, 0.3) is 0 Å². The highest BCUT2D eigenvalue weighted by molar-refractivity contribution is 5.91. The fraction of sp³-hybridized carbons (Fsp3) is 0.636. The predicted octanol–water partition coefficient (Wildman–Crippen LogP) is 1.37. The lowest BCUT2D eigenvalue weighted by molar-refractivity contribution is 0.100. The summed E-state index contributed by atoms with van der Waals surface area (Å²) in [7, 11) is 2.13. The summed E-state index contributed by atoms with van der Waals surface area (Å²) in [6.07, 6.45) is 2.09. The first-order valence-corrected chi connectivity index (χ1v) is 5.30. The Morgan fingerprint density at radius 2 is 2.53 bits per heavy atom. The van der Waals surface area contributed by atoms with Crippen LogP contribution in [0.2, 0.25) is 0 Å². The molecule has 82 valence electrons. The van der Waals surface area contributed by atoms with Crippen LogP contribution in [0.1, 0.15) is 29.6 Å². The van der Waals surface area contributed by atoms with Crippen molar-refractivity contribution in [2.24, 2.45) is 5.92 Å². The molecule has 1 fully saturated rings. The molecule has 4 heteroatoms. The third-order valence-corrected chi connectivity index (χ3v) is 2.90. The van der Waals surface area contributed by atoms with Gasteiger partial charge in [0.2, 0.25) is 0 Å². The van der Waals surface area contributed by atoms with E-state index in [4.69, 9.17) is 4.52 Å². The molecule has 2 heterocycles. The first-order chi connectivity index (χ1) is 7.15. The van der Waals surface area contributed by atoms with Crippen LogP contribution in [0.5, 0.6) is 0 Å². The Morgan fingerprint density at radius 1 is 1.73 bits per heavy atom. The summed E-state index contributed by atoms with van der Waals surface area (Å²) in [4.78, 5) is 13.3. The lowest BCUT2D eigenvalue weighted by atomic mass is 10.0. The third-order valence-electron chi connectivity index (χ3n) is 2.90. The van der Waals surface area contributed by atoms with Gasteiger partial charge >= 0.3 is 0 Å². The van der Waals surface area contributed by atoms with Crippen LogP contribution < -0.4 is 0 Å². The molecule has 4 nitrogen and oxygen atoms in total. The van der Waals surface area contributed by atoms with Gasteiger partial charge in [-0.2, -0.15) is 0 Å². The molecule has 0 radical (unpaired) electrons. The molecule has 1 unspecified atom stereocenters. The first kappa shape index (κ1) is 10.4. The van der Waals surface area contributed by atoms with Gasteiger partial charge in [0.15, 0.2) is 5.78 Å². The Kier molecular flexibility index (Phi) is 2.86. The van der Waals surface area contributed by atoms with Crippen molar-refractivity contribution in [1.29, 1.82) is 0 Å². The molecule has 0 bridgehead atoms. The van der Waals surface area contributed by atoms with Crippen molar-refractivity contribution in [3.05, 3.63) is 17.5 Å². The van der Waals surface area contributed by atoms with E-state index in [1.165, 1.54) is 13.3 Å². The average molecular weight is 208 g/mol. The number of ketones is 1. The van der Waals surface area contributed by atoms with Crippen LogP contribution in [0.3, 0.4) is 0 Å². The number of carbonyl (C=O) groups excluding carboxylic acids is 1. The number of Topliss-reactive ketones (excluding diaryl/α,β-unsaturated/α-hetero) is 1. The molecule has 0 amide bonds.